The Kier molecular flexibility index (Phi) is 5.64. The molecule has 0 bridgehead atoms. The van der Waals surface area contributed by atoms with Gasteiger partial charge < -0.3 is 15.8 Å². The summed E-state index contributed by atoms with van der Waals surface area (Å²) >= 11 is 4.82. The standard InChI is InChI=1S/C15H19FN2O2S/c16-11-5-3-6-12(14(11)15(17)21)18-13(19)8-7-10-4-1-2-9-20-10/h3,5-6,10H,1-2,4,7-9H2,(H2,17,21)(H,18,19). The molecule has 2 rings (SSSR count). The highest BCUT2D eigenvalue weighted by atomic mass is 32.1. The molecule has 3 N–H and O–H groups in total. The smallest absolute Gasteiger partial charge is 0.224 e. The van der Waals surface area contributed by atoms with Gasteiger partial charge in [0, 0.05) is 13.0 Å². The second kappa shape index (κ2) is 7.47. The van der Waals surface area contributed by atoms with Crippen LogP contribution in [0.5, 0.6) is 0 Å². The first-order chi connectivity index (χ1) is 10.1. The lowest BCUT2D eigenvalue weighted by molar-refractivity contribution is -0.117. The van der Waals surface area contributed by atoms with Gasteiger partial charge in [-0.2, -0.15) is 0 Å². The Morgan fingerprint density at radius 1 is 1.48 bits per heavy atom. The van der Waals surface area contributed by atoms with Gasteiger partial charge in [0.05, 0.1) is 17.4 Å². The van der Waals surface area contributed by atoms with Gasteiger partial charge in [0.2, 0.25) is 5.91 Å². The third-order valence-corrected chi connectivity index (χ3v) is 3.71. The molecule has 1 unspecified atom stereocenters. The maximum Gasteiger partial charge on any atom is 0.224 e. The normalized spacial score (nSPS) is 18.2. The molecule has 1 atom stereocenters. The predicted molar refractivity (Wildman–Crippen MR) is 83.7 cm³/mol. The number of carbonyl (C=O) groups excluding carboxylic acids is 1. The zero-order valence-corrected chi connectivity index (χ0v) is 12.5. The van der Waals surface area contributed by atoms with Crippen LogP contribution < -0.4 is 11.1 Å². The average Bonchev–Trinajstić information content (AvgIpc) is 2.46. The van der Waals surface area contributed by atoms with Crippen LogP contribution in [0, 0.1) is 5.82 Å². The summed E-state index contributed by atoms with van der Waals surface area (Å²) in [7, 11) is 0. The number of halogens is 1. The minimum atomic E-state index is -0.532. The second-order valence-corrected chi connectivity index (χ2v) is 5.54. The lowest BCUT2D eigenvalue weighted by Gasteiger charge is -2.22. The van der Waals surface area contributed by atoms with Crippen molar-refractivity contribution in [3.63, 3.8) is 0 Å². The van der Waals surface area contributed by atoms with Crippen molar-refractivity contribution in [1.82, 2.24) is 0 Å². The monoisotopic (exact) mass is 310 g/mol. The van der Waals surface area contributed by atoms with Gasteiger partial charge in [-0.05, 0) is 37.8 Å². The van der Waals surface area contributed by atoms with Crippen LogP contribution in [0.2, 0.25) is 0 Å². The van der Waals surface area contributed by atoms with E-state index in [1.54, 1.807) is 6.07 Å². The summed E-state index contributed by atoms with van der Waals surface area (Å²) < 4.78 is 19.3. The molecule has 0 aliphatic carbocycles. The number of anilines is 1. The van der Waals surface area contributed by atoms with Crippen molar-refractivity contribution in [1.29, 1.82) is 0 Å². The molecule has 0 spiro atoms. The van der Waals surface area contributed by atoms with Gasteiger partial charge in [-0.25, -0.2) is 4.39 Å². The summed E-state index contributed by atoms with van der Waals surface area (Å²) in [5, 5.41) is 2.67. The van der Waals surface area contributed by atoms with E-state index in [1.165, 1.54) is 12.1 Å². The van der Waals surface area contributed by atoms with E-state index in [9.17, 15) is 9.18 Å². The van der Waals surface area contributed by atoms with Crippen LogP contribution in [-0.4, -0.2) is 23.6 Å². The fourth-order valence-electron chi connectivity index (χ4n) is 2.42. The highest BCUT2D eigenvalue weighted by Crippen LogP contribution is 2.20. The maximum atomic E-state index is 13.7. The molecule has 6 heteroatoms. The first kappa shape index (κ1) is 15.9. The zero-order chi connectivity index (χ0) is 15.2. The Labute approximate surface area is 128 Å². The molecule has 1 aliphatic heterocycles. The van der Waals surface area contributed by atoms with E-state index in [0.717, 1.165) is 25.9 Å². The summed E-state index contributed by atoms with van der Waals surface area (Å²) in [6, 6.07) is 4.36. The number of carbonyl (C=O) groups is 1. The molecule has 1 heterocycles. The molecule has 4 nitrogen and oxygen atoms in total. The van der Waals surface area contributed by atoms with E-state index in [2.05, 4.69) is 5.32 Å². The SMILES string of the molecule is NC(=S)c1c(F)cccc1NC(=O)CCC1CCCCO1. The van der Waals surface area contributed by atoms with Crippen molar-refractivity contribution in [2.24, 2.45) is 5.73 Å². The Morgan fingerprint density at radius 2 is 2.29 bits per heavy atom. The van der Waals surface area contributed by atoms with Crippen molar-refractivity contribution < 1.29 is 13.9 Å². The summed E-state index contributed by atoms with van der Waals surface area (Å²) in [6.45, 7) is 0.766. The molecule has 1 fully saturated rings. The first-order valence-electron chi connectivity index (χ1n) is 7.07. The predicted octanol–water partition coefficient (Wildman–Crippen LogP) is 2.75. The second-order valence-electron chi connectivity index (χ2n) is 5.10. The third-order valence-electron chi connectivity index (χ3n) is 3.50. The van der Waals surface area contributed by atoms with Crippen molar-refractivity contribution in [3.8, 4) is 0 Å². The van der Waals surface area contributed by atoms with Crippen LogP contribution in [-0.2, 0) is 9.53 Å². The summed E-state index contributed by atoms with van der Waals surface area (Å²) in [5.74, 6) is -0.719. The van der Waals surface area contributed by atoms with E-state index >= 15 is 0 Å². The molecule has 1 aromatic carbocycles. The molecule has 1 amide bonds. The van der Waals surface area contributed by atoms with Crippen LogP contribution in [0.1, 0.15) is 37.7 Å². The summed E-state index contributed by atoms with van der Waals surface area (Å²) in [5.41, 5.74) is 5.90. The number of amides is 1. The zero-order valence-electron chi connectivity index (χ0n) is 11.7. The maximum absolute atomic E-state index is 13.7. The molecule has 0 radical (unpaired) electrons. The van der Waals surface area contributed by atoms with Gasteiger partial charge in [0.25, 0.3) is 0 Å². The Hall–Kier alpha value is -1.53. The van der Waals surface area contributed by atoms with Gasteiger partial charge >= 0.3 is 0 Å². The van der Waals surface area contributed by atoms with Crippen LogP contribution in [0.25, 0.3) is 0 Å². The van der Waals surface area contributed by atoms with Gasteiger partial charge in [-0.1, -0.05) is 18.3 Å². The topological polar surface area (TPSA) is 64.3 Å². The molecule has 114 valence electrons. The Morgan fingerprint density at radius 3 is 2.95 bits per heavy atom. The van der Waals surface area contributed by atoms with Crippen molar-refractivity contribution >= 4 is 28.8 Å². The molecular weight excluding hydrogens is 291 g/mol. The molecule has 0 aromatic heterocycles. The molecule has 1 aliphatic rings. The van der Waals surface area contributed by atoms with Crippen LogP contribution in [0.4, 0.5) is 10.1 Å². The van der Waals surface area contributed by atoms with Gasteiger partial charge in [0.15, 0.2) is 0 Å². The number of rotatable bonds is 5. The highest BCUT2D eigenvalue weighted by Gasteiger charge is 2.17. The number of benzene rings is 1. The number of hydrogen-bond acceptors (Lipinski definition) is 3. The Bertz CT molecular complexity index is 530. The lowest BCUT2D eigenvalue weighted by Crippen LogP contribution is -2.23. The van der Waals surface area contributed by atoms with Crippen molar-refractivity contribution in [2.75, 3.05) is 11.9 Å². The molecule has 1 aromatic rings. The van der Waals surface area contributed by atoms with Crippen LogP contribution >= 0.6 is 12.2 Å². The summed E-state index contributed by atoms with van der Waals surface area (Å²) in [6.07, 6.45) is 4.37. The van der Waals surface area contributed by atoms with Crippen LogP contribution in [0.15, 0.2) is 18.2 Å². The summed E-state index contributed by atoms with van der Waals surface area (Å²) in [4.78, 5) is 11.9. The molecular formula is C15H19FN2O2S. The van der Waals surface area contributed by atoms with E-state index < -0.39 is 5.82 Å². The fraction of sp³-hybridized carbons (Fsp3) is 0.467. The molecule has 21 heavy (non-hydrogen) atoms. The quantitative estimate of drug-likeness (QED) is 0.821. The van der Waals surface area contributed by atoms with Crippen LogP contribution in [0.3, 0.4) is 0 Å². The fourth-order valence-corrected chi connectivity index (χ4v) is 2.63. The van der Waals surface area contributed by atoms with E-state index in [-0.39, 0.29) is 22.6 Å². The first-order valence-corrected chi connectivity index (χ1v) is 7.48. The number of thiocarbonyl (C=S) groups is 1. The average molecular weight is 310 g/mol. The number of nitrogens with one attached hydrogen (secondary N) is 1. The van der Waals surface area contributed by atoms with Gasteiger partial charge in [0.1, 0.15) is 10.8 Å². The van der Waals surface area contributed by atoms with Crippen molar-refractivity contribution in [2.45, 2.75) is 38.2 Å². The van der Waals surface area contributed by atoms with E-state index in [1.807, 2.05) is 0 Å². The van der Waals surface area contributed by atoms with E-state index in [0.29, 0.717) is 18.5 Å². The highest BCUT2D eigenvalue weighted by molar-refractivity contribution is 7.80. The Balaban J connectivity index is 1.93. The number of hydrogen-bond donors (Lipinski definition) is 2. The minimum Gasteiger partial charge on any atom is -0.389 e. The minimum absolute atomic E-state index is 0.0704. The van der Waals surface area contributed by atoms with Crippen molar-refractivity contribution in [3.05, 3.63) is 29.6 Å². The number of ether oxygens (including phenoxy) is 1. The molecule has 0 saturated carbocycles. The third kappa shape index (κ3) is 4.47. The lowest BCUT2D eigenvalue weighted by atomic mass is 10.0. The van der Waals surface area contributed by atoms with Gasteiger partial charge in [-0.15, -0.1) is 0 Å². The molecule has 1 saturated heterocycles. The van der Waals surface area contributed by atoms with E-state index in [4.69, 9.17) is 22.7 Å². The largest absolute Gasteiger partial charge is 0.389 e. The number of nitrogens with two attached hydrogens (primary N) is 1. The van der Waals surface area contributed by atoms with Gasteiger partial charge in [-0.3, -0.25) is 4.79 Å².